The van der Waals surface area contributed by atoms with E-state index in [9.17, 15) is 9.59 Å². The van der Waals surface area contributed by atoms with Gasteiger partial charge in [0, 0.05) is 25.0 Å². The Balaban J connectivity index is 2.88. The summed E-state index contributed by atoms with van der Waals surface area (Å²) < 4.78 is 4.95. The van der Waals surface area contributed by atoms with Crippen LogP contribution in [0.2, 0.25) is 0 Å². The second-order valence-electron chi connectivity index (χ2n) is 4.30. The van der Waals surface area contributed by atoms with Crippen molar-refractivity contribution in [2.75, 3.05) is 37.4 Å². The van der Waals surface area contributed by atoms with Crippen LogP contribution in [0.15, 0.2) is 18.2 Å². The number of likely N-dealkylation sites (N-methyl/N-ethyl adjacent to an activating group) is 2. The lowest BCUT2D eigenvalue weighted by atomic mass is 10.1. The summed E-state index contributed by atoms with van der Waals surface area (Å²) in [6, 6.07) is 5.03. The average Bonchev–Trinajstić information content (AvgIpc) is 2.39. The molecule has 0 bridgehead atoms. The van der Waals surface area contributed by atoms with Crippen LogP contribution in [0.4, 0.5) is 11.4 Å². The smallest absolute Gasteiger partial charge is 0.340 e. The molecule has 0 spiro atoms. The first-order valence-corrected chi connectivity index (χ1v) is 6.54. The third kappa shape index (κ3) is 4.15. The van der Waals surface area contributed by atoms with Crippen molar-refractivity contribution in [3.63, 3.8) is 0 Å². The molecule has 1 aromatic carbocycles. The molecule has 0 aliphatic carbocycles. The van der Waals surface area contributed by atoms with Crippen LogP contribution in [0, 0.1) is 0 Å². The van der Waals surface area contributed by atoms with Crippen molar-refractivity contribution in [1.82, 2.24) is 5.32 Å². The molecule has 3 N–H and O–H groups in total. The SMILES string of the molecule is CCNC(=O)CN(C)c1ccc(N)c(C(=O)OCC)c1. The van der Waals surface area contributed by atoms with Gasteiger partial charge in [-0.1, -0.05) is 0 Å². The first kappa shape index (κ1) is 15.8. The van der Waals surface area contributed by atoms with Crippen molar-refractivity contribution in [2.24, 2.45) is 0 Å². The van der Waals surface area contributed by atoms with Crippen molar-refractivity contribution < 1.29 is 14.3 Å². The number of hydrogen-bond acceptors (Lipinski definition) is 5. The standard InChI is InChI=1S/C14H21N3O3/c1-4-16-13(18)9-17(3)10-6-7-12(15)11(8-10)14(19)20-5-2/h6-8H,4-5,9,15H2,1-3H3,(H,16,18). The topological polar surface area (TPSA) is 84.7 Å². The molecule has 1 aromatic rings. The number of anilines is 2. The number of carbonyl (C=O) groups excluding carboxylic acids is 2. The first-order chi connectivity index (χ1) is 9.49. The Morgan fingerprint density at radius 3 is 2.65 bits per heavy atom. The fourth-order valence-corrected chi connectivity index (χ4v) is 1.73. The van der Waals surface area contributed by atoms with E-state index >= 15 is 0 Å². The zero-order valence-electron chi connectivity index (χ0n) is 12.1. The minimum Gasteiger partial charge on any atom is -0.462 e. The number of rotatable bonds is 6. The summed E-state index contributed by atoms with van der Waals surface area (Å²) in [5.41, 5.74) is 7.17. The summed E-state index contributed by atoms with van der Waals surface area (Å²) >= 11 is 0. The molecule has 6 nitrogen and oxygen atoms in total. The highest BCUT2D eigenvalue weighted by Crippen LogP contribution is 2.21. The Kier molecular flexibility index (Phi) is 5.83. The van der Waals surface area contributed by atoms with E-state index in [4.69, 9.17) is 10.5 Å². The third-order valence-electron chi connectivity index (χ3n) is 2.73. The summed E-state index contributed by atoms with van der Waals surface area (Å²) in [5, 5.41) is 2.72. The predicted molar refractivity (Wildman–Crippen MR) is 78.8 cm³/mol. The maximum atomic E-state index is 11.8. The van der Waals surface area contributed by atoms with Gasteiger partial charge in [-0.25, -0.2) is 4.79 Å². The van der Waals surface area contributed by atoms with E-state index in [0.29, 0.717) is 17.8 Å². The Bertz CT molecular complexity index is 489. The molecule has 0 aliphatic heterocycles. The van der Waals surface area contributed by atoms with Crippen LogP contribution in [0.5, 0.6) is 0 Å². The number of nitrogen functional groups attached to an aromatic ring is 1. The van der Waals surface area contributed by atoms with Gasteiger partial charge in [0.1, 0.15) is 0 Å². The highest BCUT2D eigenvalue weighted by atomic mass is 16.5. The molecular weight excluding hydrogens is 258 g/mol. The van der Waals surface area contributed by atoms with Crippen LogP contribution in [0.1, 0.15) is 24.2 Å². The highest BCUT2D eigenvalue weighted by molar-refractivity contribution is 5.96. The van der Waals surface area contributed by atoms with Gasteiger partial charge in [-0.3, -0.25) is 4.79 Å². The van der Waals surface area contributed by atoms with E-state index in [1.54, 1.807) is 37.1 Å². The Hall–Kier alpha value is -2.24. The number of amides is 1. The largest absolute Gasteiger partial charge is 0.462 e. The molecule has 0 saturated heterocycles. The van der Waals surface area contributed by atoms with E-state index in [-0.39, 0.29) is 19.1 Å². The minimum absolute atomic E-state index is 0.0792. The molecule has 0 fully saturated rings. The van der Waals surface area contributed by atoms with Gasteiger partial charge in [-0.15, -0.1) is 0 Å². The third-order valence-corrected chi connectivity index (χ3v) is 2.73. The van der Waals surface area contributed by atoms with Crippen molar-refractivity contribution in [2.45, 2.75) is 13.8 Å². The van der Waals surface area contributed by atoms with Crippen molar-refractivity contribution >= 4 is 23.3 Å². The van der Waals surface area contributed by atoms with E-state index in [0.717, 1.165) is 5.69 Å². The van der Waals surface area contributed by atoms with Crippen LogP contribution in [-0.4, -0.2) is 38.6 Å². The maximum absolute atomic E-state index is 11.8. The highest BCUT2D eigenvalue weighted by Gasteiger charge is 2.14. The second kappa shape index (κ2) is 7.37. The number of benzene rings is 1. The Labute approximate surface area is 118 Å². The molecule has 0 unspecified atom stereocenters. The zero-order chi connectivity index (χ0) is 15.1. The van der Waals surface area contributed by atoms with Gasteiger partial charge in [-0.05, 0) is 32.0 Å². The van der Waals surface area contributed by atoms with E-state index in [1.165, 1.54) is 0 Å². The number of hydrogen-bond donors (Lipinski definition) is 2. The van der Waals surface area contributed by atoms with E-state index in [2.05, 4.69) is 5.32 Å². The Morgan fingerprint density at radius 2 is 2.05 bits per heavy atom. The van der Waals surface area contributed by atoms with Crippen LogP contribution < -0.4 is 16.0 Å². The lowest BCUT2D eigenvalue weighted by Gasteiger charge is -2.19. The summed E-state index contributed by atoms with van der Waals surface area (Å²) in [7, 11) is 1.77. The molecule has 0 aromatic heterocycles. The van der Waals surface area contributed by atoms with Gasteiger partial charge in [0.2, 0.25) is 5.91 Å². The van der Waals surface area contributed by atoms with E-state index in [1.807, 2.05) is 6.92 Å². The van der Waals surface area contributed by atoms with Crippen molar-refractivity contribution in [3.8, 4) is 0 Å². The monoisotopic (exact) mass is 279 g/mol. The second-order valence-corrected chi connectivity index (χ2v) is 4.30. The number of carbonyl (C=O) groups is 2. The summed E-state index contributed by atoms with van der Waals surface area (Å²) in [4.78, 5) is 25.1. The fraction of sp³-hybridized carbons (Fsp3) is 0.429. The van der Waals surface area contributed by atoms with Crippen LogP contribution >= 0.6 is 0 Å². The summed E-state index contributed by atoms with van der Waals surface area (Å²) in [6.45, 7) is 4.68. The van der Waals surface area contributed by atoms with Crippen LogP contribution in [-0.2, 0) is 9.53 Å². The lowest BCUT2D eigenvalue weighted by Crippen LogP contribution is -2.35. The number of ether oxygens (including phenoxy) is 1. The number of nitrogens with two attached hydrogens (primary N) is 1. The van der Waals surface area contributed by atoms with Gasteiger partial charge >= 0.3 is 5.97 Å². The lowest BCUT2D eigenvalue weighted by molar-refractivity contribution is -0.119. The molecular formula is C14H21N3O3. The number of nitrogens with zero attached hydrogens (tertiary/aromatic N) is 1. The predicted octanol–water partition coefficient (Wildman–Crippen LogP) is 1.02. The van der Waals surface area contributed by atoms with Crippen molar-refractivity contribution in [1.29, 1.82) is 0 Å². The minimum atomic E-state index is -0.460. The van der Waals surface area contributed by atoms with Gasteiger partial charge in [-0.2, -0.15) is 0 Å². The summed E-state index contributed by atoms with van der Waals surface area (Å²) in [5.74, 6) is -0.539. The van der Waals surface area contributed by atoms with Crippen molar-refractivity contribution in [3.05, 3.63) is 23.8 Å². The molecule has 110 valence electrons. The normalized spacial score (nSPS) is 9.95. The molecule has 0 saturated carbocycles. The molecule has 0 heterocycles. The maximum Gasteiger partial charge on any atom is 0.340 e. The molecule has 0 radical (unpaired) electrons. The molecule has 0 atom stereocenters. The first-order valence-electron chi connectivity index (χ1n) is 6.54. The molecule has 6 heteroatoms. The summed E-state index contributed by atoms with van der Waals surface area (Å²) in [6.07, 6.45) is 0. The van der Waals surface area contributed by atoms with Crippen LogP contribution in [0.25, 0.3) is 0 Å². The fourth-order valence-electron chi connectivity index (χ4n) is 1.73. The molecule has 0 aliphatic rings. The number of esters is 1. The molecule has 1 amide bonds. The van der Waals surface area contributed by atoms with Gasteiger partial charge < -0.3 is 20.7 Å². The van der Waals surface area contributed by atoms with E-state index < -0.39 is 5.97 Å². The molecule has 1 rings (SSSR count). The van der Waals surface area contributed by atoms with Gasteiger partial charge in [0.25, 0.3) is 0 Å². The molecule has 20 heavy (non-hydrogen) atoms. The quantitative estimate of drug-likeness (QED) is 0.600. The van der Waals surface area contributed by atoms with Gasteiger partial charge in [0.15, 0.2) is 0 Å². The van der Waals surface area contributed by atoms with Crippen LogP contribution in [0.3, 0.4) is 0 Å². The van der Waals surface area contributed by atoms with Gasteiger partial charge in [0.05, 0.1) is 18.7 Å². The average molecular weight is 279 g/mol. The Morgan fingerprint density at radius 1 is 1.35 bits per heavy atom. The zero-order valence-corrected chi connectivity index (χ0v) is 12.1. The number of nitrogens with one attached hydrogen (secondary N) is 1.